The number of hydrogen-bond donors (Lipinski definition) is 1. The number of alkyl halides is 2. The van der Waals surface area contributed by atoms with Crippen LogP contribution >= 0.6 is 23.2 Å². The maximum Gasteiger partial charge on any atom is 0.315 e. The third-order valence-electron chi connectivity index (χ3n) is 3.75. The number of amides is 1. The maximum absolute atomic E-state index is 11.8. The third-order valence-corrected chi connectivity index (χ3v) is 4.85. The SMILES string of the molecule is Cc1ccc([N+](=O)[O-])cc1NC(=O)COC(=O)[C@@]1(C)CC1(Cl)Cl. The highest BCUT2D eigenvalue weighted by Gasteiger charge is 2.69. The van der Waals surface area contributed by atoms with E-state index in [9.17, 15) is 19.7 Å². The van der Waals surface area contributed by atoms with Gasteiger partial charge in [-0.15, -0.1) is 23.2 Å². The fraction of sp³-hybridized carbons (Fsp3) is 0.429. The minimum Gasteiger partial charge on any atom is -0.455 e. The molecule has 9 heteroatoms. The Hall–Kier alpha value is -1.86. The van der Waals surface area contributed by atoms with Gasteiger partial charge in [0, 0.05) is 18.6 Å². The number of ether oxygens (including phenoxy) is 1. The van der Waals surface area contributed by atoms with Gasteiger partial charge in [0.2, 0.25) is 0 Å². The second-order valence-electron chi connectivity index (χ2n) is 5.59. The molecule has 2 rings (SSSR count). The molecule has 0 spiro atoms. The highest BCUT2D eigenvalue weighted by atomic mass is 35.5. The fourth-order valence-electron chi connectivity index (χ4n) is 1.96. The molecule has 7 nitrogen and oxygen atoms in total. The first-order valence-electron chi connectivity index (χ1n) is 6.67. The van der Waals surface area contributed by atoms with Crippen LogP contribution in [0.2, 0.25) is 0 Å². The van der Waals surface area contributed by atoms with Crippen LogP contribution in [0.4, 0.5) is 11.4 Å². The molecule has 1 fully saturated rings. The van der Waals surface area contributed by atoms with E-state index in [1.54, 1.807) is 13.8 Å². The Labute approximate surface area is 142 Å². The lowest BCUT2D eigenvalue weighted by atomic mass is 10.1. The van der Waals surface area contributed by atoms with Gasteiger partial charge in [-0.05, 0) is 19.4 Å². The second kappa shape index (κ2) is 5.98. The van der Waals surface area contributed by atoms with Crippen molar-refractivity contribution in [3.05, 3.63) is 33.9 Å². The summed E-state index contributed by atoms with van der Waals surface area (Å²) < 4.78 is 3.73. The van der Waals surface area contributed by atoms with Gasteiger partial charge in [0.05, 0.1) is 10.6 Å². The molecule has 0 unspecified atom stereocenters. The molecule has 1 N–H and O–H groups in total. The number of nitrogens with zero attached hydrogens (tertiary/aromatic N) is 1. The summed E-state index contributed by atoms with van der Waals surface area (Å²) in [7, 11) is 0. The Morgan fingerprint density at radius 1 is 1.43 bits per heavy atom. The van der Waals surface area contributed by atoms with E-state index in [-0.39, 0.29) is 17.8 Å². The number of hydrogen-bond acceptors (Lipinski definition) is 5. The average molecular weight is 361 g/mol. The van der Waals surface area contributed by atoms with E-state index in [1.807, 2.05) is 0 Å². The lowest BCUT2D eigenvalue weighted by molar-refractivity contribution is -0.384. The zero-order valence-corrected chi connectivity index (χ0v) is 13.9. The van der Waals surface area contributed by atoms with E-state index >= 15 is 0 Å². The molecular weight excluding hydrogens is 347 g/mol. The van der Waals surface area contributed by atoms with Crippen LogP contribution in [0.3, 0.4) is 0 Å². The van der Waals surface area contributed by atoms with Crippen LogP contribution in [0.25, 0.3) is 0 Å². The number of nitro benzene ring substituents is 1. The van der Waals surface area contributed by atoms with E-state index in [1.165, 1.54) is 18.2 Å². The van der Waals surface area contributed by atoms with Gasteiger partial charge in [-0.2, -0.15) is 0 Å². The normalized spacial score (nSPS) is 21.4. The van der Waals surface area contributed by atoms with Crippen LogP contribution in [0.15, 0.2) is 18.2 Å². The van der Waals surface area contributed by atoms with Crippen LogP contribution in [-0.4, -0.2) is 27.7 Å². The maximum atomic E-state index is 11.8. The van der Waals surface area contributed by atoms with Crippen LogP contribution in [0.1, 0.15) is 18.9 Å². The Balaban J connectivity index is 1.94. The van der Waals surface area contributed by atoms with E-state index in [4.69, 9.17) is 27.9 Å². The number of nitrogens with one attached hydrogen (secondary N) is 1. The minimum absolute atomic E-state index is 0.151. The van der Waals surface area contributed by atoms with Crippen molar-refractivity contribution in [3.8, 4) is 0 Å². The van der Waals surface area contributed by atoms with Gasteiger partial charge in [-0.25, -0.2) is 0 Å². The van der Waals surface area contributed by atoms with Crippen molar-refractivity contribution in [2.45, 2.75) is 24.6 Å². The van der Waals surface area contributed by atoms with Crippen molar-refractivity contribution in [2.24, 2.45) is 5.41 Å². The van der Waals surface area contributed by atoms with Gasteiger partial charge in [-0.3, -0.25) is 19.7 Å². The van der Waals surface area contributed by atoms with Crippen molar-refractivity contribution in [3.63, 3.8) is 0 Å². The Morgan fingerprint density at radius 2 is 2.04 bits per heavy atom. The number of aryl methyl sites for hydroxylation is 1. The number of rotatable bonds is 5. The molecule has 1 aliphatic rings. The van der Waals surface area contributed by atoms with Crippen LogP contribution in [0.5, 0.6) is 0 Å². The molecule has 0 saturated heterocycles. The summed E-state index contributed by atoms with van der Waals surface area (Å²) >= 11 is 11.7. The first kappa shape index (κ1) is 17.5. The Morgan fingerprint density at radius 3 is 2.57 bits per heavy atom. The summed E-state index contributed by atoms with van der Waals surface area (Å²) in [4.78, 5) is 33.9. The van der Waals surface area contributed by atoms with E-state index in [0.717, 1.165) is 0 Å². The molecule has 124 valence electrons. The predicted octanol–water partition coefficient (Wildman–Crippen LogP) is 2.97. The van der Waals surface area contributed by atoms with Crippen molar-refractivity contribution in [1.29, 1.82) is 0 Å². The summed E-state index contributed by atoms with van der Waals surface area (Å²) in [5.74, 6) is -1.27. The molecule has 1 saturated carbocycles. The first-order chi connectivity index (χ1) is 10.6. The van der Waals surface area contributed by atoms with Gasteiger partial charge in [0.25, 0.3) is 11.6 Å². The molecular formula is C14H14Cl2N2O5. The molecule has 23 heavy (non-hydrogen) atoms. The average Bonchev–Trinajstić information content (AvgIpc) is 2.98. The van der Waals surface area contributed by atoms with Crippen molar-refractivity contribution in [1.82, 2.24) is 0 Å². The fourth-order valence-corrected chi connectivity index (χ4v) is 2.65. The van der Waals surface area contributed by atoms with Gasteiger partial charge >= 0.3 is 5.97 Å². The smallest absolute Gasteiger partial charge is 0.315 e. The molecule has 1 amide bonds. The zero-order chi connectivity index (χ0) is 17.4. The van der Waals surface area contributed by atoms with Gasteiger partial charge < -0.3 is 10.1 Å². The van der Waals surface area contributed by atoms with E-state index in [2.05, 4.69) is 5.32 Å². The first-order valence-corrected chi connectivity index (χ1v) is 7.42. The molecule has 0 heterocycles. The number of nitro groups is 1. The molecule has 0 bridgehead atoms. The van der Waals surface area contributed by atoms with Crippen molar-refractivity contribution >= 4 is 46.5 Å². The lowest BCUT2D eigenvalue weighted by Gasteiger charge is -2.12. The number of benzene rings is 1. The molecule has 1 aromatic carbocycles. The summed E-state index contributed by atoms with van der Waals surface area (Å²) in [6.45, 7) is 2.71. The highest BCUT2D eigenvalue weighted by Crippen LogP contribution is 2.64. The largest absolute Gasteiger partial charge is 0.455 e. The number of anilines is 1. The van der Waals surface area contributed by atoms with Crippen LogP contribution in [-0.2, 0) is 14.3 Å². The molecule has 1 aliphatic carbocycles. The highest BCUT2D eigenvalue weighted by molar-refractivity contribution is 6.53. The molecule has 0 aliphatic heterocycles. The molecule has 1 aromatic rings. The number of carbonyl (C=O) groups excluding carboxylic acids is 2. The summed E-state index contributed by atoms with van der Waals surface area (Å²) in [5, 5.41) is 13.2. The molecule has 0 aromatic heterocycles. The van der Waals surface area contributed by atoms with Gasteiger partial charge in [0.15, 0.2) is 6.61 Å². The Kier molecular flexibility index (Phi) is 4.54. The van der Waals surface area contributed by atoms with E-state index < -0.39 is 33.2 Å². The predicted molar refractivity (Wildman–Crippen MR) is 84.6 cm³/mol. The molecule has 1 atom stereocenters. The Bertz CT molecular complexity index is 692. The topological polar surface area (TPSA) is 98.5 Å². The standard InChI is InChI=1S/C14H14Cl2N2O5/c1-8-3-4-9(18(21)22)5-10(8)17-11(19)6-23-12(20)13(2)7-14(13,15)16/h3-5H,6-7H2,1-2H3,(H,17,19)/t13-/m1/s1. The number of carbonyl (C=O) groups is 2. The van der Waals surface area contributed by atoms with Crippen molar-refractivity contribution in [2.75, 3.05) is 11.9 Å². The molecule has 0 radical (unpaired) electrons. The van der Waals surface area contributed by atoms with Gasteiger partial charge in [-0.1, -0.05) is 6.07 Å². The lowest BCUT2D eigenvalue weighted by Crippen LogP contribution is -2.27. The summed E-state index contributed by atoms with van der Waals surface area (Å²) in [6, 6.07) is 4.08. The van der Waals surface area contributed by atoms with Crippen molar-refractivity contribution < 1.29 is 19.2 Å². The zero-order valence-electron chi connectivity index (χ0n) is 12.4. The van der Waals surface area contributed by atoms with Gasteiger partial charge in [0.1, 0.15) is 9.75 Å². The summed E-state index contributed by atoms with van der Waals surface area (Å²) in [6.07, 6.45) is 0.257. The quantitative estimate of drug-likeness (QED) is 0.376. The second-order valence-corrected chi connectivity index (χ2v) is 7.08. The summed E-state index contributed by atoms with van der Waals surface area (Å²) in [5.41, 5.74) is -0.244. The number of halogens is 2. The van der Waals surface area contributed by atoms with Crippen LogP contribution < -0.4 is 5.32 Å². The monoisotopic (exact) mass is 360 g/mol. The number of esters is 1. The van der Waals surface area contributed by atoms with E-state index in [0.29, 0.717) is 5.56 Å². The third kappa shape index (κ3) is 3.56. The number of non-ortho nitro benzene ring substituents is 1. The van der Waals surface area contributed by atoms with Crippen LogP contribution in [0, 0.1) is 22.5 Å². The minimum atomic E-state index is -1.17.